The second-order valence-corrected chi connectivity index (χ2v) is 12.8. The van der Waals surface area contributed by atoms with Crippen molar-refractivity contribution in [1.82, 2.24) is 14.5 Å². The van der Waals surface area contributed by atoms with Crippen molar-refractivity contribution in [3.63, 3.8) is 0 Å². The zero-order chi connectivity index (χ0) is 31.0. The molecule has 0 aliphatic carbocycles. The van der Waals surface area contributed by atoms with Gasteiger partial charge < -0.3 is 23.6 Å². The van der Waals surface area contributed by atoms with E-state index in [2.05, 4.69) is 46.8 Å². The number of thiazole rings is 1. The third-order valence-electron chi connectivity index (χ3n) is 6.30. The standard InChI is InChI=1S/C28H24Br2N4O7S2/c1-6-40-25(37)22-13(3)32-28-34(23(22)15-10-18(38-4)19(39-5)11-16(15)29)24(36)20(42-28)9-14-8-17(30)26(41-14)43-27-31-12(2)7-21(35)33-27/h7-11,23H,6H2,1-5H3,(H,31,33,35)/b20-9+/t23-/m1/s1. The summed E-state index contributed by atoms with van der Waals surface area (Å²) in [5, 5.41) is 0.814. The molecule has 1 aromatic carbocycles. The highest BCUT2D eigenvalue weighted by atomic mass is 79.9. The van der Waals surface area contributed by atoms with Gasteiger partial charge in [0, 0.05) is 22.3 Å². The van der Waals surface area contributed by atoms with E-state index in [0.717, 1.165) is 23.1 Å². The average molecular weight is 752 g/mol. The zero-order valence-electron chi connectivity index (χ0n) is 23.4. The Morgan fingerprint density at radius 1 is 1.14 bits per heavy atom. The van der Waals surface area contributed by atoms with Crippen molar-refractivity contribution in [1.29, 1.82) is 0 Å². The molecule has 4 aromatic rings. The van der Waals surface area contributed by atoms with Gasteiger partial charge in [0.1, 0.15) is 5.76 Å². The fraction of sp³-hybridized carbons (Fsp3) is 0.250. The predicted molar refractivity (Wildman–Crippen MR) is 168 cm³/mol. The molecule has 43 heavy (non-hydrogen) atoms. The molecule has 224 valence electrons. The van der Waals surface area contributed by atoms with Crippen LogP contribution in [0, 0.1) is 6.92 Å². The van der Waals surface area contributed by atoms with E-state index < -0.39 is 12.0 Å². The van der Waals surface area contributed by atoms with Gasteiger partial charge in [-0.15, -0.1) is 0 Å². The van der Waals surface area contributed by atoms with Crippen LogP contribution in [0.3, 0.4) is 0 Å². The number of aromatic amines is 1. The predicted octanol–water partition coefficient (Wildman–Crippen LogP) is 4.48. The largest absolute Gasteiger partial charge is 0.493 e. The Kier molecular flexibility index (Phi) is 9.15. The van der Waals surface area contributed by atoms with Crippen LogP contribution < -0.4 is 29.9 Å². The van der Waals surface area contributed by atoms with Crippen LogP contribution in [0.1, 0.15) is 36.9 Å². The first kappa shape index (κ1) is 31.0. The van der Waals surface area contributed by atoms with Gasteiger partial charge in [0.25, 0.3) is 11.1 Å². The molecule has 0 unspecified atom stereocenters. The summed E-state index contributed by atoms with van der Waals surface area (Å²) < 4.78 is 25.4. The van der Waals surface area contributed by atoms with Gasteiger partial charge in [-0.1, -0.05) is 27.3 Å². The first-order valence-electron chi connectivity index (χ1n) is 12.7. The number of carbonyl (C=O) groups is 1. The number of fused-ring (bicyclic) bond motifs is 1. The lowest BCUT2D eigenvalue weighted by Gasteiger charge is -2.26. The average Bonchev–Trinajstić information content (AvgIpc) is 3.44. The Morgan fingerprint density at radius 2 is 1.86 bits per heavy atom. The number of carbonyl (C=O) groups excluding carboxylic acids is 1. The Labute approximate surface area is 269 Å². The molecule has 1 atom stereocenters. The fourth-order valence-corrected chi connectivity index (χ4v) is 7.42. The first-order chi connectivity index (χ1) is 20.5. The normalized spacial score (nSPS) is 14.9. The molecule has 0 saturated heterocycles. The van der Waals surface area contributed by atoms with E-state index in [-0.39, 0.29) is 23.3 Å². The highest BCUT2D eigenvalue weighted by Crippen LogP contribution is 2.41. The van der Waals surface area contributed by atoms with E-state index in [1.165, 1.54) is 24.9 Å². The van der Waals surface area contributed by atoms with Crippen LogP contribution in [0.2, 0.25) is 0 Å². The monoisotopic (exact) mass is 750 g/mol. The molecule has 1 aliphatic rings. The molecule has 5 rings (SSSR count). The van der Waals surface area contributed by atoms with Crippen LogP contribution in [-0.2, 0) is 9.53 Å². The molecule has 3 aromatic heterocycles. The number of methoxy groups -OCH3 is 2. The summed E-state index contributed by atoms with van der Waals surface area (Å²) in [6, 6.07) is 5.68. The van der Waals surface area contributed by atoms with Gasteiger partial charge in [-0.05, 0) is 72.2 Å². The maximum atomic E-state index is 14.0. The number of esters is 1. The number of H-pyrrole nitrogens is 1. The Morgan fingerprint density at radius 3 is 2.53 bits per heavy atom. The number of allylic oxidation sites excluding steroid dienone is 1. The van der Waals surface area contributed by atoms with E-state index in [1.807, 2.05) is 0 Å². The smallest absolute Gasteiger partial charge is 0.338 e. The molecule has 0 bridgehead atoms. The third kappa shape index (κ3) is 6.16. The molecule has 0 fully saturated rings. The number of benzene rings is 1. The van der Waals surface area contributed by atoms with Gasteiger partial charge in [-0.3, -0.25) is 14.2 Å². The topological polar surface area (TPSA) is 138 Å². The van der Waals surface area contributed by atoms with Crippen LogP contribution in [0.5, 0.6) is 11.5 Å². The molecular formula is C28H24Br2N4O7S2. The minimum atomic E-state index is -0.870. The fourth-order valence-electron chi connectivity index (χ4n) is 4.49. The van der Waals surface area contributed by atoms with E-state index in [4.69, 9.17) is 18.6 Å². The number of halogens is 2. The van der Waals surface area contributed by atoms with Gasteiger partial charge in [0.05, 0.1) is 47.1 Å². The van der Waals surface area contributed by atoms with E-state index in [9.17, 15) is 14.4 Å². The van der Waals surface area contributed by atoms with Crippen LogP contribution in [0.4, 0.5) is 0 Å². The Balaban J connectivity index is 1.65. The minimum absolute atomic E-state index is 0.152. The van der Waals surface area contributed by atoms with Gasteiger partial charge in [0.2, 0.25) is 0 Å². The number of aromatic nitrogens is 3. The zero-order valence-corrected chi connectivity index (χ0v) is 28.2. The number of rotatable bonds is 8. The quantitative estimate of drug-likeness (QED) is 0.204. The summed E-state index contributed by atoms with van der Waals surface area (Å²) >= 11 is 9.37. The first-order valence-corrected chi connectivity index (χ1v) is 15.9. The molecule has 0 radical (unpaired) electrons. The lowest BCUT2D eigenvalue weighted by atomic mass is 9.95. The summed E-state index contributed by atoms with van der Waals surface area (Å²) in [4.78, 5) is 51.1. The van der Waals surface area contributed by atoms with Gasteiger partial charge in [-0.2, -0.15) is 0 Å². The molecule has 0 spiro atoms. The van der Waals surface area contributed by atoms with E-state index >= 15 is 0 Å². The number of hydrogen-bond donors (Lipinski definition) is 1. The summed E-state index contributed by atoms with van der Waals surface area (Å²) in [7, 11) is 3.03. The number of hydrogen-bond acceptors (Lipinski definition) is 11. The molecule has 11 nitrogen and oxygen atoms in total. The summed E-state index contributed by atoms with van der Waals surface area (Å²) in [6.07, 6.45) is 1.61. The van der Waals surface area contributed by atoms with Crippen molar-refractivity contribution in [2.24, 2.45) is 4.99 Å². The Hall–Kier alpha value is -3.40. The molecular weight excluding hydrogens is 728 g/mol. The number of ether oxygens (including phenoxy) is 3. The number of nitrogens with one attached hydrogen (secondary N) is 1. The molecule has 4 heterocycles. The van der Waals surface area contributed by atoms with Gasteiger partial charge in [0.15, 0.2) is 26.5 Å². The van der Waals surface area contributed by atoms with Crippen molar-refractivity contribution in [3.05, 3.63) is 91.5 Å². The van der Waals surface area contributed by atoms with Crippen molar-refractivity contribution in [2.75, 3.05) is 20.8 Å². The molecule has 1 aliphatic heterocycles. The number of nitrogens with zero attached hydrogens (tertiary/aromatic N) is 3. The summed E-state index contributed by atoms with van der Waals surface area (Å²) in [5.74, 6) is 0.713. The maximum absolute atomic E-state index is 14.0. The lowest BCUT2D eigenvalue weighted by Crippen LogP contribution is -2.40. The molecule has 0 amide bonds. The van der Waals surface area contributed by atoms with Gasteiger partial charge in [-0.25, -0.2) is 14.8 Å². The highest BCUT2D eigenvalue weighted by Gasteiger charge is 2.35. The van der Waals surface area contributed by atoms with E-state index in [0.29, 0.717) is 62.7 Å². The van der Waals surface area contributed by atoms with Gasteiger partial charge >= 0.3 is 5.97 Å². The van der Waals surface area contributed by atoms with E-state index in [1.54, 1.807) is 45.0 Å². The molecule has 1 N–H and O–H groups in total. The molecule has 15 heteroatoms. The third-order valence-corrected chi connectivity index (χ3v) is 9.70. The summed E-state index contributed by atoms with van der Waals surface area (Å²) in [5.41, 5.74) is 1.17. The van der Waals surface area contributed by atoms with Crippen molar-refractivity contribution < 1.29 is 23.4 Å². The lowest BCUT2D eigenvalue weighted by molar-refractivity contribution is -0.139. The second-order valence-electron chi connectivity index (χ2n) is 9.11. The van der Waals surface area contributed by atoms with Crippen molar-refractivity contribution in [3.8, 4) is 11.5 Å². The Bertz CT molecular complexity index is 2030. The second kappa shape index (κ2) is 12.7. The van der Waals surface area contributed by atoms with Crippen LogP contribution >= 0.6 is 55.0 Å². The summed E-state index contributed by atoms with van der Waals surface area (Å²) in [6.45, 7) is 5.30. The van der Waals surface area contributed by atoms with Crippen LogP contribution in [-0.4, -0.2) is 41.3 Å². The van der Waals surface area contributed by atoms with Crippen LogP contribution in [0.15, 0.2) is 73.7 Å². The SMILES string of the molecule is CCOC(=O)C1=C(C)N=c2s/c(=C/c3cc(Br)c(Sc4nc(C)cc(=O)[nH]4)o3)c(=O)n2[C@@H]1c1cc(OC)c(OC)cc1Br. The van der Waals surface area contributed by atoms with Crippen molar-refractivity contribution in [2.45, 2.75) is 37.1 Å². The maximum Gasteiger partial charge on any atom is 0.338 e. The highest BCUT2D eigenvalue weighted by molar-refractivity contribution is 9.10. The number of furan rings is 1. The number of aryl methyl sites for hydroxylation is 1. The van der Waals surface area contributed by atoms with Crippen LogP contribution in [0.25, 0.3) is 6.08 Å². The minimum Gasteiger partial charge on any atom is -0.493 e. The van der Waals surface area contributed by atoms with Crippen molar-refractivity contribution >= 4 is 67.0 Å². The molecule has 0 saturated carbocycles.